The van der Waals surface area contributed by atoms with Crippen molar-refractivity contribution < 1.29 is 0 Å². The first-order valence-electron chi connectivity index (χ1n) is 7.64. The van der Waals surface area contributed by atoms with E-state index in [1.54, 1.807) is 0 Å². The lowest BCUT2D eigenvalue weighted by atomic mass is 9.86. The van der Waals surface area contributed by atoms with Crippen molar-refractivity contribution in [2.75, 3.05) is 18.5 Å². The summed E-state index contributed by atoms with van der Waals surface area (Å²) in [7, 11) is 2.08. The monoisotopic (exact) mass is 268 g/mol. The standard InChI is InChI=1S/C18H24N2/c1-13-14(2)20(12-11-17(13)19-3)18-10-6-8-15-7-4-5-9-16(15)18/h4-10,13-14,17,19H,11-12H2,1-3H3. The van der Waals surface area contributed by atoms with Gasteiger partial charge in [0.05, 0.1) is 0 Å². The van der Waals surface area contributed by atoms with Crippen molar-refractivity contribution >= 4 is 16.5 Å². The van der Waals surface area contributed by atoms with Gasteiger partial charge in [-0.1, -0.05) is 43.3 Å². The maximum absolute atomic E-state index is 3.47. The van der Waals surface area contributed by atoms with Crippen LogP contribution in [0.1, 0.15) is 20.3 Å². The molecular formula is C18H24N2. The Balaban J connectivity index is 1.99. The molecule has 1 aliphatic heterocycles. The predicted molar refractivity (Wildman–Crippen MR) is 87.4 cm³/mol. The van der Waals surface area contributed by atoms with Crippen molar-refractivity contribution in [2.24, 2.45) is 5.92 Å². The second-order valence-electron chi connectivity index (χ2n) is 5.98. The van der Waals surface area contributed by atoms with Crippen LogP contribution in [-0.2, 0) is 0 Å². The third kappa shape index (κ3) is 2.18. The first kappa shape index (κ1) is 13.4. The SMILES string of the molecule is CNC1CCN(c2cccc3ccccc23)C(C)C1C. The molecule has 2 heteroatoms. The lowest BCUT2D eigenvalue weighted by Crippen LogP contribution is -2.52. The molecular weight excluding hydrogens is 244 g/mol. The van der Waals surface area contributed by atoms with E-state index in [2.05, 4.69) is 73.6 Å². The maximum Gasteiger partial charge on any atom is 0.0448 e. The average molecular weight is 268 g/mol. The summed E-state index contributed by atoms with van der Waals surface area (Å²) in [5.41, 5.74) is 1.39. The van der Waals surface area contributed by atoms with Crippen molar-refractivity contribution in [3.05, 3.63) is 42.5 Å². The van der Waals surface area contributed by atoms with Crippen LogP contribution in [0.2, 0.25) is 0 Å². The number of benzene rings is 2. The fraction of sp³-hybridized carbons (Fsp3) is 0.444. The second kappa shape index (κ2) is 5.45. The van der Waals surface area contributed by atoms with Crippen LogP contribution in [0.3, 0.4) is 0 Å². The van der Waals surface area contributed by atoms with Gasteiger partial charge in [0.2, 0.25) is 0 Å². The fourth-order valence-corrected chi connectivity index (χ4v) is 3.57. The number of nitrogens with zero attached hydrogens (tertiary/aromatic N) is 1. The highest BCUT2D eigenvalue weighted by atomic mass is 15.2. The second-order valence-corrected chi connectivity index (χ2v) is 5.98. The van der Waals surface area contributed by atoms with Gasteiger partial charge in [0.1, 0.15) is 0 Å². The molecule has 1 fully saturated rings. The smallest absolute Gasteiger partial charge is 0.0448 e. The first-order chi connectivity index (χ1) is 9.72. The van der Waals surface area contributed by atoms with Gasteiger partial charge in [-0.15, -0.1) is 0 Å². The molecule has 3 unspecified atom stereocenters. The molecule has 0 bridgehead atoms. The zero-order chi connectivity index (χ0) is 14.1. The summed E-state index contributed by atoms with van der Waals surface area (Å²) >= 11 is 0. The summed E-state index contributed by atoms with van der Waals surface area (Å²) in [6, 6.07) is 16.5. The van der Waals surface area contributed by atoms with Crippen LogP contribution >= 0.6 is 0 Å². The van der Waals surface area contributed by atoms with E-state index >= 15 is 0 Å². The van der Waals surface area contributed by atoms with E-state index in [0.29, 0.717) is 18.0 Å². The largest absolute Gasteiger partial charge is 0.368 e. The van der Waals surface area contributed by atoms with Crippen LogP contribution in [0.5, 0.6) is 0 Å². The Kier molecular flexibility index (Phi) is 3.66. The van der Waals surface area contributed by atoms with Crippen LogP contribution in [0.15, 0.2) is 42.5 Å². The number of hydrogen-bond acceptors (Lipinski definition) is 2. The van der Waals surface area contributed by atoms with E-state index < -0.39 is 0 Å². The van der Waals surface area contributed by atoms with Gasteiger partial charge in [-0.25, -0.2) is 0 Å². The fourth-order valence-electron chi connectivity index (χ4n) is 3.57. The Morgan fingerprint density at radius 1 is 1.05 bits per heavy atom. The van der Waals surface area contributed by atoms with E-state index in [1.807, 2.05) is 0 Å². The van der Waals surface area contributed by atoms with Crippen molar-refractivity contribution in [1.82, 2.24) is 5.32 Å². The quantitative estimate of drug-likeness (QED) is 0.894. The van der Waals surface area contributed by atoms with Gasteiger partial charge in [-0.2, -0.15) is 0 Å². The van der Waals surface area contributed by atoms with Crippen LogP contribution in [-0.4, -0.2) is 25.7 Å². The molecule has 2 aromatic rings. The summed E-state index contributed by atoms with van der Waals surface area (Å²) in [4.78, 5) is 2.58. The molecule has 3 atom stereocenters. The molecule has 20 heavy (non-hydrogen) atoms. The van der Waals surface area contributed by atoms with Gasteiger partial charge in [0.15, 0.2) is 0 Å². The molecule has 0 spiro atoms. The molecule has 2 aromatic carbocycles. The molecule has 3 rings (SSSR count). The van der Waals surface area contributed by atoms with Gasteiger partial charge in [0.25, 0.3) is 0 Å². The topological polar surface area (TPSA) is 15.3 Å². The third-order valence-electron chi connectivity index (χ3n) is 5.02. The summed E-state index contributed by atoms with van der Waals surface area (Å²) in [6.07, 6.45) is 1.21. The van der Waals surface area contributed by atoms with E-state index in [9.17, 15) is 0 Å². The van der Waals surface area contributed by atoms with Gasteiger partial charge < -0.3 is 10.2 Å². The van der Waals surface area contributed by atoms with Crippen LogP contribution in [0.4, 0.5) is 5.69 Å². The highest BCUT2D eigenvalue weighted by Crippen LogP contribution is 2.33. The summed E-state index contributed by atoms with van der Waals surface area (Å²) in [6.45, 7) is 5.85. The predicted octanol–water partition coefficient (Wildman–Crippen LogP) is 3.66. The molecule has 1 aliphatic rings. The molecule has 0 aliphatic carbocycles. The summed E-state index contributed by atoms with van der Waals surface area (Å²) in [5, 5.41) is 6.17. The van der Waals surface area contributed by atoms with E-state index in [4.69, 9.17) is 0 Å². The van der Waals surface area contributed by atoms with Gasteiger partial charge in [-0.05, 0) is 37.8 Å². The Morgan fingerprint density at radius 2 is 1.80 bits per heavy atom. The van der Waals surface area contributed by atoms with E-state index in [1.165, 1.54) is 22.9 Å². The van der Waals surface area contributed by atoms with Gasteiger partial charge >= 0.3 is 0 Å². The normalized spacial score (nSPS) is 26.9. The number of fused-ring (bicyclic) bond motifs is 1. The molecule has 106 valence electrons. The average Bonchev–Trinajstić information content (AvgIpc) is 2.50. The van der Waals surface area contributed by atoms with Gasteiger partial charge in [-0.3, -0.25) is 0 Å². The minimum atomic E-state index is 0.562. The lowest BCUT2D eigenvalue weighted by molar-refractivity contribution is 0.283. The zero-order valence-electron chi connectivity index (χ0n) is 12.6. The molecule has 2 nitrogen and oxygen atoms in total. The number of nitrogens with one attached hydrogen (secondary N) is 1. The summed E-state index contributed by atoms with van der Waals surface area (Å²) in [5.74, 6) is 0.660. The molecule has 0 aromatic heterocycles. The van der Waals surface area contributed by atoms with Crippen LogP contribution in [0, 0.1) is 5.92 Å². The van der Waals surface area contributed by atoms with Crippen LogP contribution < -0.4 is 10.2 Å². The number of hydrogen-bond donors (Lipinski definition) is 1. The molecule has 1 heterocycles. The summed E-state index contributed by atoms with van der Waals surface area (Å²) < 4.78 is 0. The maximum atomic E-state index is 3.47. The number of piperidine rings is 1. The van der Waals surface area contributed by atoms with Crippen molar-refractivity contribution in [1.29, 1.82) is 0 Å². The lowest BCUT2D eigenvalue weighted by Gasteiger charge is -2.44. The Labute approximate surface area is 121 Å². The van der Waals surface area contributed by atoms with E-state index in [0.717, 1.165) is 6.54 Å². The van der Waals surface area contributed by atoms with Crippen molar-refractivity contribution in [3.63, 3.8) is 0 Å². The minimum absolute atomic E-state index is 0.562. The number of anilines is 1. The first-order valence-corrected chi connectivity index (χ1v) is 7.64. The van der Waals surface area contributed by atoms with Crippen molar-refractivity contribution in [2.45, 2.75) is 32.4 Å². The number of rotatable bonds is 2. The van der Waals surface area contributed by atoms with E-state index in [-0.39, 0.29) is 0 Å². The highest BCUT2D eigenvalue weighted by molar-refractivity contribution is 5.94. The third-order valence-corrected chi connectivity index (χ3v) is 5.02. The zero-order valence-corrected chi connectivity index (χ0v) is 12.6. The Morgan fingerprint density at radius 3 is 2.60 bits per heavy atom. The minimum Gasteiger partial charge on any atom is -0.368 e. The molecule has 1 saturated heterocycles. The molecule has 0 amide bonds. The highest BCUT2D eigenvalue weighted by Gasteiger charge is 2.32. The Hall–Kier alpha value is -1.54. The molecule has 0 radical (unpaired) electrons. The Bertz CT molecular complexity index is 587. The van der Waals surface area contributed by atoms with Gasteiger partial charge in [0, 0.05) is 29.7 Å². The van der Waals surface area contributed by atoms with Crippen LogP contribution in [0.25, 0.3) is 10.8 Å². The van der Waals surface area contributed by atoms with Crippen molar-refractivity contribution in [3.8, 4) is 0 Å². The molecule has 1 N–H and O–H groups in total. The molecule has 0 saturated carbocycles.